The molecule has 0 spiro atoms. The van der Waals surface area contributed by atoms with Gasteiger partial charge in [0.15, 0.2) is 0 Å². The van der Waals surface area contributed by atoms with Gasteiger partial charge in [-0.1, -0.05) is 6.07 Å². The quantitative estimate of drug-likeness (QED) is 0.752. The molecule has 2 aromatic rings. The largest absolute Gasteiger partial charge is 0.508 e. The zero-order valence-electron chi connectivity index (χ0n) is 11.2. The number of methoxy groups -OCH3 is 1. The molecule has 0 saturated carbocycles. The number of phenols is 2. The molecule has 2 rings (SSSR count). The van der Waals surface area contributed by atoms with Crippen molar-refractivity contribution in [2.45, 2.75) is 0 Å². The Bertz CT molecular complexity index is 676. The minimum absolute atomic E-state index is 0.0935. The summed E-state index contributed by atoms with van der Waals surface area (Å²) in [5.74, 6) is -1.48. The van der Waals surface area contributed by atoms with Crippen LogP contribution in [-0.4, -0.2) is 29.2 Å². The first kappa shape index (κ1) is 14.4. The minimum atomic E-state index is -0.525. The summed E-state index contributed by atoms with van der Waals surface area (Å²) in [4.78, 5) is 23.4. The maximum Gasteiger partial charge on any atom is 0.337 e. The summed E-state index contributed by atoms with van der Waals surface area (Å²) in [5, 5.41) is 21.3. The van der Waals surface area contributed by atoms with Gasteiger partial charge in [-0.25, -0.2) is 4.79 Å². The van der Waals surface area contributed by atoms with E-state index >= 15 is 0 Å². The van der Waals surface area contributed by atoms with Crippen LogP contribution in [0.4, 0.5) is 5.69 Å². The molecule has 3 N–H and O–H groups in total. The Morgan fingerprint density at radius 2 is 1.67 bits per heavy atom. The van der Waals surface area contributed by atoms with Crippen molar-refractivity contribution in [2.24, 2.45) is 0 Å². The molecule has 0 fully saturated rings. The van der Waals surface area contributed by atoms with E-state index in [1.54, 1.807) is 18.2 Å². The van der Waals surface area contributed by atoms with Crippen LogP contribution < -0.4 is 5.32 Å². The first-order valence-electron chi connectivity index (χ1n) is 6.02. The SMILES string of the molecule is COC(=O)c1cccc(NC(=O)c2cc(O)cc(O)c2)c1. The highest BCUT2D eigenvalue weighted by atomic mass is 16.5. The third-order valence-electron chi connectivity index (χ3n) is 2.71. The number of benzene rings is 2. The maximum absolute atomic E-state index is 12.0. The molecule has 0 aromatic heterocycles. The van der Waals surface area contributed by atoms with Crippen LogP contribution in [0, 0.1) is 0 Å². The molecule has 0 radical (unpaired) electrons. The fourth-order valence-corrected chi connectivity index (χ4v) is 1.77. The summed E-state index contributed by atoms with van der Waals surface area (Å²) in [7, 11) is 1.27. The molecule has 21 heavy (non-hydrogen) atoms. The topological polar surface area (TPSA) is 95.9 Å². The van der Waals surface area contributed by atoms with Crippen LogP contribution in [0.2, 0.25) is 0 Å². The van der Waals surface area contributed by atoms with Crippen molar-refractivity contribution in [3.05, 3.63) is 53.6 Å². The van der Waals surface area contributed by atoms with E-state index in [-0.39, 0.29) is 17.1 Å². The van der Waals surface area contributed by atoms with Crippen LogP contribution in [0.25, 0.3) is 0 Å². The van der Waals surface area contributed by atoms with Crippen molar-refractivity contribution in [1.29, 1.82) is 0 Å². The summed E-state index contributed by atoms with van der Waals surface area (Å²) >= 11 is 0. The second-order valence-electron chi connectivity index (χ2n) is 4.26. The van der Waals surface area contributed by atoms with E-state index in [2.05, 4.69) is 10.1 Å². The third kappa shape index (κ3) is 3.50. The lowest BCUT2D eigenvalue weighted by Crippen LogP contribution is -2.12. The van der Waals surface area contributed by atoms with Gasteiger partial charge in [0.05, 0.1) is 12.7 Å². The van der Waals surface area contributed by atoms with Gasteiger partial charge in [-0.05, 0) is 30.3 Å². The van der Waals surface area contributed by atoms with Crippen LogP contribution >= 0.6 is 0 Å². The van der Waals surface area contributed by atoms with Crippen molar-refractivity contribution < 1.29 is 24.5 Å². The Morgan fingerprint density at radius 3 is 2.29 bits per heavy atom. The van der Waals surface area contributed by atoms with Crippen molar-refractivity contribution in [3.63, 3.8) is 0 Å². The summed E-state index contributed by atoms with van der Waals surface area (Å²) < 4.78 is 4.59. The number of carbonyl (C=O) groups is 2. The first-order valence-corrected chi connectivity index (χ1v) is 6.02. The highest BCUT2D eigenvalue weighted by molar-refractivity contribution is 6.05. The molecule has 0 saturated heterocycles. The van der Waals surface area contributed by atoms with E-state index in [1.165, 1.54) is 25.3 Å². The molecular formula is C15H13NO5. The predicted molar refractivity (Wildman–Crippen MR) is 75.5 cm³/mol. The molecule has 108 valence electrons. The van der Waals surface area contributed by atoms with Gasteiger partial charge in [0.1, 0.15) is 11.5 Å². The van der Waals surface area contributed by atoms with Gasteiger partial charge in [-0.2, -0.15) is 0 Å². The highest BCUT2D eigenvalue weighted by Crippen LogP contribution is 2.21. The van der Waals surface area contributed by atoms with Gasteiger partial charge in [0.2, 0.25) is 0 Å². The molecule has 0 aliphatic rings. The lowest BCUT2D eigenvalue weighted by molar-refractivity contribution is 0.0600. The second-order valence-corrected chi connectivity index (χ2v) is 4.26. The number of esters is 1. The van der Waals surface area contributed by atoms with Gasteiger partial charge in [-0.3, -0.25) is 4.79 Å². The fourth-order valence-electron chi connectivity index (χ4n) is 1.77. The number of carbonyl (C=O) groups excluding carboxylic acids is 2. The number of hydrogen-bond acceptors (Lipinski definition) is 5. The second kappa shape index (κ2) is 5.96. The summed E-state index contributed by atoms with van der Waals surface area (Å²) in [6.45, 7) is 0. The standard InChI is InChI=1S/C15H13NO5/c1-21-15(20)9-3-2-4-11(5-9)16-14(19)10-6-12(17)8-13(18)7-10/h2-8,17-18H,1H3,(H,16,19). The van der Waals surface area contributed by atoms with Gasteiger partial charge >= 0.3 is 5.97 Å². The normalized spacial score (nSPS) is 9.95. The van der Waals surface area contributed by atoms with Gasteiger partial charge < -0.3 is 20.3 Å². The summed E-state index contributed by atoms with van der Waals surface area (Å²) in [5.41, 5.74) is 0.788. The van der Waals surface area contributed by atoms with Gasteiger partial charge in [0.25, 0.3) is 5.91 Å². The Labute approximate surface area is 120 Å². The lowest BCUT2D eigenvalue weighted by atomic mass is 10.1. The number of hydrogen-bond donors (Lipinski definition) is 3. The number of amides is 1. The molecule has 0 aliphatic carbocycles. The number of anilines is 1. The number of aromatic hydroxyl groups is 2. The van der Waals surface area contributed by atoms with Crippen LogP contribution in [0.3, 0.4) is 0 Å². The van der Waals surface area contributed by atoms with Crippen LogP contribution in [0.15, 0.2) is 42.5 Å². The molecule has 0 aliphatic heterocycles. The van der Waals surface area contributed by atoms with E-state index in [1.807, 2.05) is 0 Å². The smallest absolute Gasteiger partial charge is 0.337 e. The van der Waals surface area contributed by atoms with Gasteiger partial charge in [-0.15, -0.1) is 0 Å². The average molecular weight is 287 g/mol. The Morgan fingerprint density at radius 1 is 1.00 bits per heavy atom. The highest BCUT2D eigenvalue weighted by Gasteiger charge is 2.11. The van der Waals surface area contributed by atoms with E-state index < -0.39 is 11.9 Å². The Kier molecular flexibility index (Phi) is 4.08. The Balaban J connectivity index is 2.21. The first-order chi connectivity index (χ1) is 9.99. The summed E-state index contributed by atoms with van der Waals surface area (Å²) in [6, 6.07) is 9.79. The van der Waals surface area contributed by atoms with E-state index in [0.717, 1.165) is 6.07 Å². The van der Waals surface area contributed by atoms with Crippen molar-refractivity contribution in [3.8, 4) is 11.5 Å². The van der Waals surface area contributed by atoms with E-state index in [0.29, 0.717) is 11.3 Å². The van der Waals surface area contributed by atoms with Crippen LogP contribution in [-0.2, 0) is 4.74 Å². The van der Waals surface area contributed by atoms with Crippen LogP contribution in [0.5, 0.6) is 11.5 Å². The van der Waals surface area contributed by atoms with E-state index in [4.69, 9.17) is 0 Å². The maximum atomic E-state index is 12.0. The monoisotopic (exact) mass is 287 g/mol. The fraction of sp³-hybridized carbons (Fsp3) is 0.0667. The van der Waals surface area contributed by atoms with Crippen molar-refractivity contribution >= 4 is 17.6 Å². The predicted octanol–water partition coefficient (Wildman–Crippen LogP) is 2.14. The molecule has 6 heteroatoms. The number of rotatable bonds is 3. The lowest BCUT2D eigenvalue weighted by Gasteiger charge is -2.07. The molecule has 0 unspecified atom stereocenters. The molecule has 6 nitrogen and oxygen atoms in total. The number of nitrogens with one attached hydrogen (secondary N) is 1. The molecule has 0 bridgehead atoms. The van der Waals surface area contributed by atoms with Crippen LogP contribution in [0.1, 0.15) is 20.7 Å². The zero-order chi connectivity index (χ0) is 15.4. The summed E-state index contributed by atoms with van der Waals surface area (Å²) in [6.07, 6.45) is 0. The van der Waals surface area contributed by atoms with Gasteiger partial charge in [0, 0.05) is 17.3 Å². The molecule has 1 amide bonds. The van der Waals surface area contributed by atoms with E-state index in [9.17, 15) is 19.8 Å². The minimum Gasteiger partial charge on any atom is -0.508 e. The van der Waals surface area contributed by atoms with Crippen molar-refractivity contribution in [1.82, 2.24) is 0 Å². The molecular weight excluding hydrogens is 274 g/mol. The Hall–Kier alpha value is -3.02. The molecule has 2 aromatic carbocycles. The average Bonchev–Trinajstić information content (AvgIpc) is 2.45. The zero-order valence-corrected chi connectivity index (χ0v) is 11.2. The van der Waals surface area contributed by atoms with Crippen molar-refractivity contribution in [2.75, 3.05) is 12.4 Å². The number of phenolic OH excluding ortho intramolecular Hbond substituents is 2. The molecule has 0 atom stereocenters. The third-order valence-corrected chi connectivity index (χ3v) is 2.71. The number of ether oxygens (including phenoxy) is 1. The molecule has 0 heterocycles.